The lowest BCUT2D eigenvalue weighted by atomic mass is 10.0. The third kappa shape index (κ3) is 4.81. The highest BCUT2D eigenvalue weighted by atomic mass is 16.5. The number of carboxylic acids is 1. The molecule has 0 aromatic heterocycles. The normalized spacial score (nSPS) is 13.4. The van der Waals surface area contributed by atoms with E-state index in [-0.39, 0.29) is 12.3 Å². The van der Waals surface area contributed by atoms with Gasteiger partial charge in [0.05, 0.1) is 6.42 Å². The Morgan fingerprint density at radius 1 is 1.50 bits per heavy atom. The summed E-state index contributed by atoms with van der Waals surface area (Å²) in [6.45, 7) is 4.91. The minimum Gasteiger partial charge on any atom is -0.481 e. The van der Waals surface area contributed by atoms with E-state index in [4.69, 9.17) is 9.84 Å². The number of nitrogens with one attached hydrogen (secondary N) is 1. The van der Waals surface area contributed by atoms with Crippen molar-refractivity contribution in [2.75, 3.05) is 7.11 Å². The Labute approximate surface area is 83.4 Å². The maximum Gasteiger partial charge on any atom is 0.305 e. The molecule has 0 rings (SSSR count). The van der Waals surface area contributed by atoms with Crippen molar-refractivity contribution < 1.29 is 19.4 Å². The van der Waals surface area contributed by atoms with Crippen LogP contribution in [-0.2, 0) is 14.3 Å². The van der Waals surface area contributed by atoms with Crippen LogP contribution >= 0.6 is 0 Å². The standard InChI is InChI=1S/C9H17NO4/c1-6(14-4)8(13)10-9(2,3)5-7(11)12/h6H,5H2,1-4H3,(H,10,13)(H,11,12). The number of hydrogen-bond donors (Lipinski definition) is 2. The van der Waals surface area contributed by atoms with Gasteiger partial charge >= 0.3 is 5.97 Å². The van der Waals surface area contributed by atoms with Crippen molar-refractivity contribution in [1.29, 1.82) is 0 Å². The van der Waals surface area contributed by atoms with Gasteiger partial charge in [-0.15, -0.1) is 0 Å². The lowest BCUT2D eigenvalue weighted by Crippen LogP contribution is -2.48. The molecule has 5 nitrogen and oxygen atoms in total. The van der Waals surface area contributed by atoms with Crippen LogP contribution in [0.2, 0.25) is 0 Å². The summed E-state index contributed by atoms with van der Waals surface area (Å²) < 4.78 is 4.80. The summed E-state index contributed by atoms with van der Waals surface area (Å²) in [6, 6.07) is 0. The smallest absolute Gasteiger partial charge is 0.305 e. The molecule has 0 bridgehead atoms. The summed E-state index contributed by atoms with van der Waals surface area (Å²) in [5.41, 5.74) is -0.754. The monoisotopic (exact) mass is 203 g/mol. The second kappa shape index (κ2) is 4.95. The Hall–Kier alpha value is -1.10. The van der Waals surface area contributed by atoms with Gasteiger partial charge in [-0.25, -0.2) is 0 Å². The van der Waals surface area contributed by atoms with Gasteiger partial charge < -0.3 is 15.2 Å². The number of carbonyl (C=O) groups excluding carboxylic acids is 1. The second-order valence-corrected chi connectivity index (χ2v) is 3.82. The van der Waals surface area contributed by atoms with E-state index in [1.54, 1.807) is 20.8 Å². The van der Waals surface area contributed by atoms with Crippen LogP contribution in [0.4, 0.5) is 0 Å². The predicted molar refractivity (Wildman–Crippen MR) is 50.9 cm³/mol. The maximum atomic E-state index is 11.3. The molecule has 0 aromatic carbocycles. The molecule has 0 radical (unpaired) electrons. The highest BCUT2D eigenvalue weighted by Gasteiger charge is 2.25. The van der Waals surface area contributed by atoms with Crippen LogP contribution in [-0.4, -0.2) is 35.7 Å². The zero-order valence-electron chi connectivity index (χ0n) is 8.96. The summed E-state index contributed by atoms with van der Waals surface area (Å²) in [6.07, 6.45) is -0.683. The molecule has 82 valence electrons. The summed E-state index contributed by atoms with van der Waals surface area (Å²) in [5, 5.41) is 11.2. The maximum absolute atomic E-state index is 11.3. The van der Waals surface area contributed by atoms with Gasteiger partial charge in [-0.1, -0.05) is 0 Å². The van der Waals surface area contributed by atoms with Crippen LogP contribution in [0, 0.1) is 0 Å². The van der Waals surface area contributed by atoms with Gasteiger partial charge in [0.15, 0.2) is 0 Å². The first-order valence-electron chi connectivity index (χ1n) is 4.35. The van der Waals surface area contributed by atoms with Gasteiger partial charge in [0.25, 0.3) is 0 Å². The molecular weight excluding hydrogens is 186 g/mol. The Morgan fingerprint density at radius 3 is 2.36 bits per heavy atom. The molecule has 0 aliphatic heterocycles. The predicted octanol–water partition coefficient (Wildman–Crippen LogP) is 0.391. The van der Waals surface area contributed by atoms with Crippen LogP contribution in [0.5, 0.6) is 0 Å². The fraction of sp³-hybridized carbons (Fsp3) is 0.778. The van der Waals surface area contributed by atoms with Crippen molar-refractivity contribution in [3.8, 4) is 0 Å². The Morgan fingerprint density at radius 2 is 2.00 bits per heavy atom. The highest BCUT2D eigenvalue weighted by molar-refractivity contribution is 5.81. The lowest BCUT2D eigenvalue weighted by molar-refractivity contribution is -0.139. The van der Waals surface area contributed by atoms with Crippen LogP contribution in [0.25, 0.3) is 0 Å². The van der Waals surface area contributed by atoms with Gasteiger partial charge in [-0.2, -0.15) is 0 Å². The van der Waals surface area contributed by atoms with Gasteiger partial charge in [0, 0.05) is 12.6 Å². The van der Waals surface area contributed by atoms with Gasteiger partial charge in [-0.3, -0.25) is 9.59 Å². The van der Waals surface area contributed by atoms with Crippen molar-refractivity contribution in [2.45, 2.75) is 38.8 Å². The second-order valence-electron chi connectivity index (χ2n) is 3.82. The fourth-order valence-electron chi connectivity index (χ4n) is 0.964. The molecule has 1 atom stereocenters. The summed E-state index contributed by atoms with van der Waals surface area (Å²) in [7, 11) is 1.43. The first-order chi connectivity index (χ1) is 6.28. The Kier molecular flexibility index (Phi) is 4.56. The van der Waals surface area contributed by atoms with Crippen molar-refractivity contribution in [2.24, 2.45) is 0 Å². The number of aliphatic carboxylic acids is 1. The van der Waals surface area contributed by atoms with E-state index in [0.717, 1.165) is 0 Å². The van der Waals surface area contributed by atoms with Crippen molar-refractivity contribution in [1.82, 2.24) is 5.32 Å². The molecule has 1 amide bonds. The summed E-state index contributed by atoms with van der Waals surface area (Å²) >= 11 is 0. The fourth-order valence-corrected chi connectivity index (χ4v) is 0.964. The van der Waals surface area contributed by atoms with Crippen molar-refractivity contribution in [3.05, 3.63) is 0 Å². The third-order valence-electron chi connectivity index (χ3n) is 1.78. The Bertz CT molecular complexity index is 225. The molecule has 0 saturated carbocycles. The van der Waals surface area contributed by atoms with Crippen LogP contribution < -0.4 is 5.32 Å². The SMILES string of the molecule is COC(C)C(=O)NC(C)(C)CC(=O)O. The summed E-state index contributed by atoms with van der Waals surface area (Å²) in [4.78, 5) is 21.8. The largest absolute Gasteiger partial charge is 0.481 e. The molecule has 1 unspecified atom stereocenters. The molecule has 0 heterocycles. The number of hydrogen-bond acceptors (Lipinski definition) is 3. The molecule has 0 aromatic rings. The van der Waals surface area contributed by atoms with E-state index in [1.165, 1.54) is 7.11 Å². The van der Waals surface area contributed by atoms with Crippen LogP contribution in [0.15, 0.2) is 0 Å². The van der Waals surface area contributed by atoms with Gasteiger partial charge in [0.1, 0.15) is 6.10 Å². The quantitative estimate of drug-likeness (QED) is 0.677. The molecular formula is C9H17NO4. The van der Waals surface area contributed by atoms with Gasteiger partial charge in [-0.05, 0) is 20.8 Å². The van der Waals surface area contributed by atoms with E-state index in [0.29, 0.717) is 0 Å². The van der Waals surface area contributed by atoms with Gasteiger partial charge in [0.2, 0.25) is 5.91 Å². The Balaban J connectivity index is 4.21. The number of ether oxygens (including phenoxy) is 1. The van der Waals surface area contributed by atoms with Crippen molar-refractivity contribution in [3.63, 3.8) is 0 Å². The first kappa shape index (κ1) is 12.9. The number of carbonyl (C=O) groups is 2. The van der Waals surface area contributed by atoms with E-state index < -0.39 is 17.6 Å². The lowest BCUT2D eigenvalue weighted by Gasteiger charge is -2.25. The first-order valence-corrected chi connectivity index (χ1v) is 4.35. The van der Waals surface area contributed by atoms with E-state index in [1.807, 2.05) is 0 Å². The van der Waals surface area contributed by atoms with Crippen LogP contribution in [0.3, 0.4) is 0 Å². The molecule has 2 N–H and O–H groups in total. The topological polar surface area (TPSA) is 75.6 Å². The minimum atomic E-state index is -0.944. The van der Waals surface area contributed by atoms with Crippen LogP contribution in [0.1, 0.15) is 27.2 Å². The van der Waals surface area contributed by atoms with Crippen molar-refractivity contribution >= 4 is 11.9 Å². The van der Waals surface area contributed by atoms with E-state index in [2.05, 4.69) is 5.32 Å². The molecule has 14 heavy (non-hydrogen) atoms. The molecule has 0 aliphatic carbocycles. The third-order valence-corrected chi connectivity index (χ3v) is 1.78. The number of amides is 1. The molecule has 0 aliphatic rings. The highest BCUT2D eigenvalue weighted by Crippen LogP contribution is 2.08. The molecule has 0 spiro atoms. The summed E-state index contributed by atoms with van der Waals surface area (Å²) in [5.74, 6) is -1.25. The molecule has 0 fully saturated rings. The zero-order chi connectivity index (χ0) is 11.4. The average Bonchev–Trinajstić information content (AvgIpc) is 1.99. The molecule has 5 heteroatoms. The minimum absolute atomic E-state index is 0.116. The average molecular weight is 203 g/mol. The van der Waals surface area contributed by atoms with E-state index in [9.17, 15) is 9.59 Å². The molecule has 0 saturated heterocycles. The number of methoxy groups -OCH3 is 1. The van der Waals surface area contributed by atoms with E-state index >= 15 is 0 Å². The number of carboxylic acid groups (broad SMARTS) is 1. The number of rotatable bonds is 5. The zero-order valence-corrected chi connectivity index (χ0v) is 8.96.